The summed E-state index contributed by atoms with van der Waals surface area (Å²) in [6.45, 7) is 56.2. The maximum atomic E-state index is 9.44. The quantitative estimate of drug-likeness (QED) is 0.176. The summed E-state index contributed by atoms with van der Waals surface area (Å²) >= 11 is 0. The Morgan fingerprint density at radius 1 is 0.228 bits per heavy atom. The zero-order valence-electron chi connectivity index (χ0n) is 69.8. The molecule has 0 atom stereocenters. The summed E-state index contributed by atoms with van der Waals surface area (Å²) in [4.78, 5) is 18.9. The smallest absolute Gasteiger partial charge is 0.126 e. The molecule has 2 heteroatoms. The SMILES string of the molecule is CC.CC.CC.CC.CC.CC(C)=O.CC(C)=O.CCC.CCC.CCC.CCC.CCC.CCc1cc(CC)c2ccccc2c1.CCc1ccc(CC)c2ccccc12.c1ccc2c(c1)Cc1ccccc1C2.c1ccc2ccccc2c1.c1ccc2ccccc2c1.c1ccccc1. The van der Waals surface area contributed by atoms with E-state index in [1.165, 1.54) is 147 Å². The molecule has 11 aromatic rings. The topological polar surface area (TPSA) is 34.1 Å². The van der Waals surface area contributed by atoms with Crippen LogP contribution in [0.2, 0.25) is 0 Å². The Kier molecular flexibility index (Phi) is 79.7. The van der Waals surface area contributed by atoms with Crippen LogP contribution in [0.1, 0.15) is 270 Å². The van der Waals surface area contributed by atoms with E-state index in [2.05, 4.69) is 315 Å². The van der Waals surface area contributed by atoms with Gasteiger partial charge in [0.05, 0.1) is 0 Å². The second kappa shape index (κ2) is 77.5. The van der Waals surface area contributed by atoms with Crippen molar-refractivity contribution in [1.82, 2.24) is 0 Å². The van der Waals surface area contributed by atoms with E-state index in [0.717, 1.165) is 38.5 Å². The average Bonchev–Trinajstić information content (AvgIpc) is 0.828. The molecule has 0 saturated heterocycles. The molecule has 0 N–H and O–H groups in total. The third-order valence-corrected chi connectivity index (χ3v) is 12.6. The third kappa shape index (κ3) is 52.5. The first kappa shape index (κ1) is 104. The molecule has 556 valence electrons. The maximum absolute atomic E-state index is 9.44. The largest absolute Gasteiger partial charge is 0.300 e. The molecule has 101 heavy (non-hydrogen) atoms. The molecule has 0 unspecified atom stereocenters. The first-order chi connectivity index (χ1) is 49.1. The Bertz CT molecular complexity index is 3160. The van der Waals surface area contributed by atoms with E-state index in [9.17, 15) is 9.59 Å². The molecule has 0 bridgehead atoms. The van der Waals surface area contributed by atoms with Gasteiger partial charge in [-0.3, -0.25) is 0 Å². The van der Waals surface area contributed by atoms with Crippen LogP contribution in [0, 0.1) is 0 Å². The van der Waals surface area contributed by atoms with Crippen LogP contribution >= 0.6 is 0 Å². The van der Waals surface area contributed by atoms with Crippen molar-refractivity contribution in [2.45, 2.75) is 264 Å². The third-order valence-electron chi connectivity index (χ3n) is 12.6. The van der Waals surface area contributed by atoms with E-state index < -0.39 is 0 Å². The number of rotatable bonds is 4. The van der Waals surface area contributed by atoms with Gasteiger partial charge in [0, 0.05) is 0 Å². The molecular formula is C99H148O2. The molecule has 12 rings (SSSR count). The molecule has 1 aliphatic rings. The first-order valence-electron chi connectivity index (χ1n) is 39.1. The van der Waals surface area contributed by atoms with Gasteiger partial charge >= 0.3 is 0 Å². The molecule has 0 aromatic heterocycles. The van der Waals surface area contributed by atoms with Crippen molar-refractivity contribution < 1.29 is 9.59 Å². The maximum Gasteiger partial charge on any atom is 0.126 e. The van der Waals surface area contributed by atoms with Crippen LogP contribution in [-0.2, 0) is 48.1 Å². The van der Waals surface area contributed by atoms with Crippen LogP contribution in [-0.4, -0.2) is 11.6 Å². The van der Waals surface area contributed by atoms with Crippen molar-refractivity contribution in [1.29, 1.82) is 0 Å². The number of Topliss-reactive ketones (excluding diaryl/α,β-unsaturated/α-hetero) is 2. The fourth-order valence-electron chi connectivity index (χ4n) is 8.86. The summed E-state index contributed by atoms with van der Waals surface area (Å²) in [5, 5.41) is 10.9. The predicted octanol–water partition coefficient (Wildman–Crippen LogP) is 31.9. The van der Waals surface area contributed by atoms with Gasteiger partial charge in [0.1, 0.15) is 11.6 Å². The lowest BCUT2D eigenvalue weighted by Crippen LogP contribution is -2.06. The molecule has 0 fully saturated rings. The number of aryl methyl sites for hydroxylation is 4. The van der Waals surface area contributed by atoms with Crippen molar-refractivity contribution >= 4 is 54.7 Å². The molecular weight excluding hydrogens is 1220 g/mol. The Hall–Kier alpha value is -8.20. The predicted molar refractivity (Wildman–Crippen MR) is 468 cm³/mol. The highest BCUT2D eigenvalue weighted by Crippen LogP contribution is 2.27. The van der Waals surface area contributed by atoms with Gasteiger partial charge in [-0.25, -0.2) is 0 Å². The molecule has 0 aliphatic heterocycles. The average molecular weight is 1370 g/mol. The van der Waals surface area contributed by atoms with Crippen LogP contribution in [0.5, 0.6) is 0 Å². The fraction of sp³-hybridized carbons (Fsp3) is 0.394. The number of hydrogen-bond acceptors (Lipinski definition) is 2. The minimum atomic E-state index is 0.167. The van der Waals surface area contributed by atoms with E-state index in [1.807, 2.05) is 106 Å². The van der Waals surface area contributed by atoms with E-state index in [1.54, 1.807) is 0 Å². The van der Waals surface area contributed by atoms with Crippen LogP contribution < -0.4 is 0 Å². The van der Waals surface area contributed by atoms with Crippen LogP contribution in [0.25, 0.3) is 43.1 Å². The number of hydrogen-bond donors (Lipinski definition) is 0. The molecule has 0 radical (unpaired) electrons. The summed E-state index contributed by atoms with van der Waals surface area (Å²) in [7, 11) is 0. The zero-order chi connectivity index (χ0) is 77.9. The van der Waals surface area contributed by atoms with Crippen LogP contribution in [0.4, 0.5) is 0 Å². The number of carbonyl (C=O) groups excluding carboxylic acids is 2. The molecule has 1 aliphatic carbocycles. The molecule has 2 nitrogen and oxygen atoms in total. The number of ketones is 2. The number of benzene rings is 11. The van der Waals surface area contributed by atoms with Crippen molar-refractivity contribution in [3.63, 3.8) is 0 Å². The van der Waals surface area contributed by atoms with E-state index in [4.69, 9.17) is 0 Å². The van der Waals surface area contributed by atoms with Gasteiger partial charge in [-0.15, -0.1) is 0 Å². The monoisotopic (exact) mass is 1370 g/mol. The number of fused-ring (bicyclic) bond motifs is 6. The summed E-state index contributed by atoms with van der Waals surface area (Å²) < 4.78 is 0. The Balaban J connectivity index is -0.000000249. The minimum Gasteiger partial charge on any atom is -0.300 e. The van der Waals surface area contributed by atoms with E-state index >= 15 is 0 Å². The van der Waals surface area contributed by atoms with Crippen LogP contribution in [0.15, 0.2) is 255 Å². The summed E-state index contributed by atoms with van der Waals surface area (Å²) in [5.74, 6) is 0.333. The van der Waals surface area contributed by atoms with Gasteiger partial charge < -0.3 is 9.59 Å². The highest BCUT2D eigenvalue weighted by Gasteiger charge is 2.13. The van der Waals surface area contributed by atoms with Gasteiger partial charge in [-0.05, 0) is 154 Å². The number of carbonyl (C=O) groups is 2. The van der Waals surface area contributed by atoms with E-state index in [0.29, 0.717) is 0 Å². The van der Waals surface area contributed by atoms with Gasteiger partial charge in [-0.1, -0.05) is 453 Å². The van der Waals surface area contributed by atoms with Gasteiger partial charge in [-0.2, -0.15) is 0 Å². The molecule has 0 amide bonds. The lowest BCUT2D eigenvalue weighted by Gasteiger charge is -2.18. The highest BCUT2D eigenvalue weighted by molar-refractivity contribution is 5.89. The summed E-state index contributed by atoms with van der Waals surface area (Å²) in [6.07, 6.45) is 12.9. The molecule has 0 heterocycles. The minimum absolute atomic E-state index is 0.167. The zero-order valence-corrected chi connectivity index (χ0v) is 69.8. The van der Waals surface area contributed by atoms with Crippen molar-refractivity contribution in [3.8, 4) is 0 Å². The molecule has 0 saturated carbocycles. The van der Waals surface area contributed by atoms with Gasteiger partial charge in [0.15, 0.2) is 0 Å². The van der Waals surface area contributed by atoms with Gasteiger partial charge in [0.2, 0.25) is 0 Å². The second-order valence-corrected chi connectivity index (χ2v) is 22.4. The standard InChI is InChI=1S/C14H12.2C14H16.2C10H8.C6H6.2C3H6O.5C3H8.5C2H6/c1-2-6-12-10-14-8-4-3-7-13(14)9-11(12)5-1;1-3-11-9-12(4-2)14-8-6-5-7-13(14)10-11;1-3-11-9-10-12(4-2)14-8-6-5-7-13(11)14;2*1-2-6-10-8-4-3-7-9(10)5-1;1-2-4-6-5-3-1;2*1-3(2)4;5*1-3-2;5*1-2/h1-8H,9-10H2;2*5-10H,3-4H2,1-2H3;2*1-8H;1-6H;2*1-2H3;5*3H2,1-2H3;5*1-2H3. The second-order valence-electron chi connectivity index (χ2n) is 22.4. The lowest BCUT2D eigenvalue weighted by atomic mass is 9.86. The van der Waals surface area contributed by atoms with Gasteiger partial charge in [0.25, 0.3) is 0 Å². The Morgan fingerprint density at radius 3 is 0.624 bits per heavy atom. The van der Waals surface area contributed by atoms with Crippen molar-refractivity contribution in [2.75, 3.05) is 0 Å². The molecule has 11 aromatic carbocycles. The Labute approximate surface area is 624 Å². The van der Waals surface area contributed by atoms with Crippen molar-refractivity contribution in [3.05, 3.63) is 299 Å². The van der Waals surface area contributed by atoms with E-state index in [-0.39, 0.29) is 11.6 Å². The Morgan fingerprint density at radius 2 is 0.416 bits per heavy atom. The first-order valence-corrected chi connectivity index (χ1v) is 39.1. The fourth-order valence-corrected chi connectivity index (χ4v) is 8.86. The summed E-state index contributed by atoms with van der Waals surface area (Å²) in [6, 6.07) is 89.4. The van der Waals surface area contributed by atoms with Crippen molar-refractivity contribution in [2.24, 2.45) is 0 Å². The lowest BCUT2D eigenvalue weighted by molar-refractivity contribution is -0.115. The molecule has 0 spiro atoms. The normalized spacial score (nSPS) is 8.95. The summed E-state index contributed by atoms with van der Waals surface area (Å²) in [5.41, 5.74) is 11.8. The van der Waals surface area contributed by atoms with Crippen LogP contribution in [0.3, 0.4) is 0 Å². The highest BCUT2D eigenvalue weighted by atomic mass is 16.1.